The van der Waals surface area contributed by atoms with Crippen molar-refractivity contribution >= 4 is 31.3 Å². The molecule has 6 rings (SSSR count). The molecular weight excluding hydrogens is 586 g/mol. The van der Waals surface area contributed by atoms with Crippen LogP contribution in [0.4, 0.5) is 5.69 Å². The number of carbonyl (C=O) groups excluding carboxylic acids is 1. The van der Waals surface area contributed by atoms with E-state index in [9.17, 15) is 21.6 Å². The Labute approximate surface area is 251 Å². The molecule has 0 N–H and O–H groups in total. The van der Waals surface area contributed by atoms with Crippen LogP contribution in [0.2, 0.25) is 0 Å². The van der Waals surface area contributed by atoms with Gasteiger partial charge in [-0.1, -0.05) is 78.9 Å². The van der Waals surface area contributed by atoms with E-state index in [4.69, 9.17) is 9.57 Å². The number of ether oxygens (including phenoxy) is 1. The quantitative estimate of drug-likeness (QED) is 0.234. The summed E-state index contributed by atoms with van der Waals surface area (Å²) in [5.74, 6) is -1.67. The average Bonchev–Trinajstić information content (AvgIpc) is 3.57. The minimum absolute atomic E-state index is 0.0747. The third-order valence-electron chi connectivity index (χ3n) is 8.17. The highest BCUT2D eigenvalue weighted by Gasteiger charge is 2.58. The van der Waals surface area contributed by atoms with Crippen molar-refractivity contribution in [2.24, 2.45) is 0 Å². The molecule has 1 saturated heterocycles. The molecule has 0 spiro atoms. The number of hydroxylamine groups is 1. The van der Waals surface area contributed by atoms with E-state index in [-0.39, 0.29) is 22.8 Å². The zero-order chi connectivity index (χ0) is 30.2. The fourth-order valence-electron chi connectivity index (χ4n) is 6.32. The summed E-state index contributed by atoms with van der Waals surface area (Å²) in [7, 11) is -8.77. The van der Waals surface area contributed by atoms with Crippen molar-refractivity contribution in [3.05, 3.63) is 126 Å². The van der Waals surface area contributed by atoms with Gasteiger partial charge >= 0.3 is 5.97 Å². The van der Waals surface area contributed by atoms with Gasteiger partial charge in [-0.2, -0.15) is 0 Å². The average molecular weight is 618 g/mol. The number of rotatable bonds is 9. The highest BCUT2D eigenvalue weighted by molar-refractivity contribution is 8.09. The molecular formula is C33H31NO7S2. The number of carbonyl (C=O) groups is 1. The molecule has 0 radical (unpaired) electrons. The molecule has 0 bridgehead atoms. The lowest BCUT2D eigenvalue weighted by Gasteiger charge is -2.31. The molecule has 4 aromatic rings. The Morgan fingerprint density at radius 2 is 1.23 bits per heavy atom. The summed E-state index contributed by atoms with van der Waals surface area (Å²) in [6.07, 6.45) is -1.25. The first-order chi connectivity index (χ1) is 20.7. The molecule has 1 fully saturated rings. The van der Waals surface area contributed by atoms with Gasteiger partial charge in [0.15, 0.2) is 30.4 Å². The summed E-state index contributed by atoms with van der Waals surface area (Å²) in [5.41, 5.74) is 2.25. The van der Waals surface area contributed by atoms with E-state index in [0.717, 1.165) is 11.1 Å². The molecule has 43 heavy (non-hydrogen) atoms. The number of nitrogens with zero attached hydrogens (tertiary/aromatic N) is 1. The monoisotopic (exact) mass is 617 g/mol. The molecule has 0 saturated carbocycles. The molecule has 222 valence electrons. The number of fused-ring (bicyclic) bond motifs is 3. The summed E-state index contributed by atoms with van der Waals surface area (Å²) in [6, 6.07) is 31.4. The molecule has 0 amide bonds. The van der Waals surface area contributed by atoms with Crippen LogP contribution in [0.15, 0.2) is 125 Å². The Morgan fingerprint density at radius 1 is 0.744 bits per heavy atom. The van der Waals surface area contributed by atoms with Crippen LogP contribution in [0.3, 0.4) is 0 Å². The molecule has 1 aliphatic heterocycles. The Hall–Kier alpha value is -3.99. The lowest BCUT2D eigenvalue weighted by Crippen LogP contribution is -2.38. The van der Waals surface area contributed by atoms with Gasteiger partial charge in [0.1, 0.15) is 0 Å². The van der Waals surface area contributed by atoms with Crippen LogP contribution in [-0.2, 0) is 34.0 Å². The van der Waals surface area contributed by atoms with Gasteiger partial charge in [-0.05, 0) is 60.9 Å². The lowest BCUT2D eigenvalue weighted by molar-refractivity contribution is -0.155. The molecule has 4 aromatic carbocycles. The Kier molecular flexibility index (Phi) is 7.85. The van der Waals surface area contributed by atoms with Crippen LogP contribution in [0.5, 0.6) is 0 Å². The van der Waals surface area contributed by atoms with Gasteiger partial charge in [-0.3, -0.25) is 4.84 Å². The van der Waals surface area contributed by atoms with E-state index >= 15 is 0 Å². The summed E-state index contributed by atoms with van der Waals surface area (Å²) >= 11 is 0. The smallest absolute Gasteiger partial charge is 0.338 e. The highest BCUT2D eigenvalue weighted by Crippen LogP contribution is 2.55. The predicted molar refractivity (Wildman–Crippen MR) is 162 cm³/mol. The van der Waals surface area contributed by atoms with Crippen molar-refractivity contribution in [1.82, 2.24) is 0 Å². The van der Waals surface area contributed by atoms with Gasteiger partial charge in [0.05, 0.1) is 28.1 Å². The molecule has 10 heteroatoms. The predicted octanol–water partition coefficient (Wildman–Crippen LogP) is 5.28. The third kappa shape index (κ3) is 5.13. The Balaban J connectivity index is 1.52. The highest BCUT2D eigenvalue weighted by atomic mass is 32.3. The molecule has 1 heterocycles. The van der Waals surface area contributed by atoms with Crippen LogP contribution < -0.4 is 5.06 Å². The second-order valence-corrected chi connectivity index (χ2v) is 15.1. The second kappa shape index (κ2) is 11.6. The van der Waals surface area contributed by atoms with Crippen LogP contribution >= 0.6 is 0 Å². The zero-order valence-electron chi connectivity index (χ0n) is 23.4. The van der Waals surface area contributed by atoms with Gasteiger partial charge in [-0.25, -0.2) is 26.7 Å². The summed E-state index contributed by atoms with van der Waals surface area (Å²) < 4.78 is 60.6. The lowest BCUT2D eigenvalue weighted by atomic mass is 9.89. The van der Waals surface area contributed by atoms with Gasteiger partial charge in [0.2, 0.25) is 0 Å². The third-order valence-corrected chi connectivity index (χ3v) is 13.3. The van der Waals surface area contributed by atoms with Crippen LogP contribution in [-0.4, -0.2) is 46.1 Å². The maximum atomic E-state index is 14.3. The molecule has 2 aliphatic rings. The van der Waals surface area contributed by atoms with E-state index in [2.05, 4.69) is 0 Å². The maximum absolute atomic E-state index is 14.3. The minimum Gasteiger partial charge on any atom is -0.464 e. The van der Waals surface area contributed by atoms with Crippen molar-refractivity contribution in [3.63, 3.8) is 0 Å². The van der Waals surface area contributed by atoms with E-state index in [1.54, 1.807) is 48.4 Å². The normalized spacial score (nSPS) is 21.4. The molecule has 1 aliphatic carbocycles. The Morgan fingerprint density at radius 3 is 1.77 bits per heavy atom. The molecule has 8 nitrogen and oxygen atoms in total. The van der Waals surface area contributed by atoms with E-state index in [1.807, 2.05) is 54.6 Å². The van der Waals surface area contributed by atoms with Gasteiger partial charge in [0, 0.05) is 11.8 Å². The Bertz CT molecular complexity index is 1750. The number of hydrogen-bond donors (Lipinski definition) is 0. The maximum Gasteiger partial charge on any atom is 0.338 e. The van der Waals surface area contributed by atoms with E-state index in [1.165, 1.54) is 24.3 Å². The number of anilines is 1. The van der Waals surface area contributed by atoms with Gasteiger partial charge in [-0.15, -0.1) is 0 Å². The number of hydrogen-bond acceptors (Lipinski definition) is 8. The van der Waals surface area contributed by atoms with Crippen molar-refractivity contribution in [2.45, 2.75) is 51.7 Å². The first-order valence-electron chi connectivity index (χ1n) is 14.1. The van der Waals surface area contributed by atoms with Crippen molar-refractivity contribution < 1.29 is 31.2 Å². The van der Waals surface area contributed by atoms with Gasteiger partial charge in [0.25, 0.3) is 0 Å². The van der Waals surface area contributed by atoms with Crippen molar-refractivity contribution in [1.29, 1.82) is 0 Å². The molecule has 0 aromatic heterocycles. The van der Waals surface area contributed by atoms with Crippen molar-refractivity contribution in [3.8, 4) is 0 Å². The summed E-state index contributed by atoms with van der Waals surface area (Å²) in [6.45, 7) is 1.89. The molecule has 4 atom stereocenters. The number of esters is 1. The number of benzene rings is 4. The van der Waals surface area contributed by atoms with Crippen LogP contribution in [0.1, 0.15) is 36.3 Å². The van der Waals surface area contributed by atoms with E-state index in [0.29, 0.717) is 5.69 Å². The zero-order valence-corrected chi connectivity index (χ0v) is 25.0. The molecule has 1 unspecified atom stereocenters. The number of sulfone groups is 2. The fraction of sp³-hybridized carbons (Fsp3) is 0.242. The standard InChI is InChI=1S/C33H31NO7S2/c1-2-40-33(35)32-30-27-21-13-12-20-26(27)28(31(30)34(41-32)23-14-6-3-7-15-23)22-29(42(36,37)24-16-8-4-9-17-24)43(38,39)25-18-10-5-11-19-25/h3-21,28-32H,2,22H2,1H3/t28-,30?,31+,32-/m0/s1. The number of para-hydroxylation sites is 1. The first kappa shape index (κ1) is 29.1. The first-order valence-corrected chi connectivity index (χ1v) is 17.2. The van der Waals surface area contributed by atoms with Crippen LogP contribution in [0, 0.1) is 0 Å². The van der Waals surface area contributed by atoms with Gasteiger partial charge < -0.3 is 4.74 Å². The van der Waals surface area contributed by atoms with Crippen molar-refractivity contribution in [2.75, 3.05) is 11.7 Å². The SMILES string of the molecule is CCOC(=O)[C@H]1ON(c2ccccc2)[C@H]2C1c1ccccc1[C@@H]2CC(S(=O)(=O)c1ccccc1)S(=O)(=O)c1ccccc1. The van der Waals surface area contributed by atoms with E-state index < -0.39 is 54.2 Å². The largest absolute Gasteiger partial charge is 0.464 e. The summed E-state index contributed by atoms with van der Waals surface area (Å²) in [4.78, 5) is 19.4. The second-order valence-electron chi connectivity index (χ2n) is 10.6. The fourth-order valence-corrected chi connectivity index (χ4v) is 10.9. The minimum atomic E-state index is -4.39. The van der Waals surface area contributed by atoms with Crippen LogP contribution in [0.25, 0.3) is 0 Å². The topological polar surface area (TPSA) is 107 Å². The summed E-state index contributed by atoms with van der Waals surface area (Å²) in [5, 5.41) is 1.64.